The first kappa shape index (κ1) is 12.9. The second-order valence-electron chi connectivity index (χ2n) is 4.96. The minimum absolute atomic E-state index is 0.0152. The smallest absolute Gasteiger partial charge is 0.198 e. The molecular weight excluding hydrogens is 239 g/mol. The highest BCUT2D eigenvalue weighted by Gasteiger charge is 2.43. The molecule has 0 heterocycles. The van der Waals surface area contributed by atoms with E-state index in [0.29, 0.717) is 0 Å². The van der Waals surface area contributed by atoms with Crippen molar-refractivity contribution in [3.05, 3.63) is 35.4 Å². The predicted molar refractivity (Wildman–Crippen MR) is 61.8 cm³/mol. The predicted octanol–water partition coefficient (Wildman–Crippen LogP) is 4.50. The van der Waals surface area contributed by atoms with Crippen LogP contribution >= 0.6 is 0 Å². The maximum Gasteiger partial charge on any atom is 0.416 e. The third-order valence-electron chi connectivity index (χ3n) is 4.04. The average molecular weight is 253 g/mol. The fraction of sp³-hybridized carbons (Fsp3) is 0.500. The van der Waals surface area contributed by atoms with Gasteiger partial charge in [0.05, 0.1) is 17.0 Å². The van der Waals surface area contributed by atoms with Gasteiger partial charge < -0.3 is 0 Å². The second kappa shape index (κ2) is 4.31. The van der Waals surface area contributed by atoms with Crippen LogP contribution < -0.4 is 0 Å². The lowest BCUT2D eigenvalue weighted by Crippen LogP contribution is -2.33. The van der Waals surface area contributed by atoms with Gasteiger partial charge in [-0.15, -0.1) is 0 Å². The van der Waals surface area contributed by atoms with Crippen LogP contribution in [-0.4, -0.2) is 0 Å². The van der Waals surface area contributed by atoms with Gasteiger partial charge in [-0.3, -0.25) is 0 Å². The van der Waals surface area contributed by atoms with Gasteiger partial charge in [0.2, 0.25) is 0 Å². The van der Waals surface area contributed by atoms with Crippen molar-refractivity contribution in [2.75, 3.05) is 0 Å². The maximum absolute atomic E-state index is 12.4. The summed E-state index contributed by atoms with van der Waals surface area (Å²) in [6.45, 7) is 1.92. The highest BCUT2D eigenvalue weighted by atomic mass is 19.4. The molecule has 0 saturated heterocycles. The summed E-state index contributed by atoms with van der Waals surface area (Å²) in [4.78, 5) is 0. The molecule has 4 heteroatoms. The van der Waals surface area contributed by atoms with E-state index in [1.807, 2.05) is 6.92 Å². The molecule has 0 aliphatic heterocycles. The molecule has 1 nitrogen and oxygen atoms in total. The highest BCUT2D eigenvalue weighted by molar-refractivity contribution is 5.30. The fourth-order valence-electron chi connectivity index (χ4n) is 2.48. The zero-order valence-corrected chi connectivity index (χ0v) is 10.1. The molecule has 18 heavy (non-hydrogen) atoms. The summed E-state index contributed by atoms with van der Waals surface area (Å²) in [5.74, 6) is -0.0152. The van der Waals surface area contributed by atoms with Gasteiger partial charge in [0.25, 0.3) is 0 Å². The van der Waals surface area contributed by atoms with E-state index in [9.17, 15) is 18.4 Å². The van der Waals surface area contributed by atoms with E-state index in [4.69, 9.17) is 0 Å². The molecule has 0 aromatic heterocycles. The molecule has 1 unspecified atom stereocenters. The van der Waals surface area contributed by atoms with Crippen LogP contribution in [0.5, 0.6) is 0 Å². The van der Waals surface area contributed by atoms with Gasteiger partial charge in [0.1, 0.15) is 0 Å². The monoisotopic (exact) mass is 253 g/mol. The number of nitriles is 1. The van der Waals surface area contributed by atoms with Gasteiger partial charge in [0.15, 0.2) is 0 Å². The van der Waals surface area contributed by atoms with Gasteiger partial charge in [-0.25, -0.2) is 0 Å². The van der Waals surface area contributed by atoms with Crippen molar-refractivity contribution in [3.8, 4) is 6.07 Å². The van der Waals surface area contributed by atoms with Gasteiger partial charge in [-0.2, -0.15) is 18.4 Å². The van der Waals surface area contributed by atoms with Crippen LogP contribution in [0, 0.1) is 16.7 Å². The van der Waals surface area contributed by atoms with Gasteiger partial charge >= 0.3 is 6.18 Å². The average Bonchev–Trinajstić information content (AvgIpc) is 2.27. The van der Waals surface area contributed by atoms with E-state index in [1.54, 1.807) is 0 Å². The molecule has 1 aromatic rings. The van der Waals surface area contributed by atoms with E-state index in [2.05, 4.69) is 6.07 Å². The number of hydrogen-bond donors (Lipinski definition) is 0. The SMILES string of the molecule is CC(c1ccc(C(F)(F)F)cc1)C1(C#N)CCC1. The lowest BCUT2D eigenvalue weighted by molar-refractivity contribution is -0.137. The molecule has 1 aliphatic rings. The lowest BCUT2D eigenvalue weighted by Gasteiger charge is -2.40. The maximum atomic E-state index is 12.4. The summed E-state index contributed by atoms with van der Waals surface area (Å²) in [7, 11) is 0. The summed E-state index contributed by atoms with van der Waals surface area (Å²) in [6.07, 6.45) is -1.60. The molecule has 0 amide bonds. The standard InChI is InChI=1S/C14H14F3N/c1-10(13(9-18)7-2-8-13)11-3-5-12(6-4-11)14(15,16)17/h3-6,10H,2,7-8H2,1H3. The summed E-state index contributed by atoms with van der Waals surface area (Å²) in [6, 6.07) is 7.50. The zero-order valence-electron chi connectivity index (χ0n) is 10.1. The number of nitrogens with zero attached hydrogens (tertiary/aromatic N) is 1. The Labute approximate surface area is 104 Å². The van der Waals surface area contributed by atoms with Crippen molar-refractivity contribution in [3.63, 3.8) is 0 Å². The normalized spacial score (nSPS) is 19.7. The van der Waals surface area contributed by atoms with Crippen LogP contribution in [0.1, 0.15) is 43.2 Å². The molecule has 1 saturated carbocycles. The summed E-state index contributed by atoms with van der Waals surface area (Å²) >= 11 is 0. The Morgan fingerprint density at radius 1 is 1.22 bits per heavy atom. The van der Waals surface area contributed by atoms with Crippen LogP contribution in [0.25, 0.3) is 0 Å². The molecule has 96 valence electrons. The first-order chi connectivity index (χ1) is 8.39. The largest absolute Gasteiger partial charge is 0.416 e. The zero-order chi connectivity index (χ0) is 13.4. The van der Waals surface area contributed by atoms with Crippen molar-refractivity contribution in [1.29, 1.82) is 5.26 Å². The molecule has 1 atom stereocenters. The number of benzene rings is 1. The first-order valence-corrected chi connectivity index (χ1v) is 5.97. The van der Waals surface area contributed by atoms with Crippen LogP contribution in [0.3, 0.4) is 0 Å². The van der Waals surface area contributed by atoms with E-state index >= 15 is 0 Å². The quantitative estimate of drug-likeness (QED) is 0.761. The Balaban J connectivity index is 2.23. The van der Waals surface area contributed by atoms with E-state index in [0.717, 1.165) is 37.0 Å². The summed E-state index contributed by atoms with van der Waals surface area (Å²) in [5.41, 5.74) is -0.206. The first-order valence-electron chi connectivity index (χ1n) is 5.97. The van der Waals surface area contributed by atoms with Crippen LogP contribution in [0.2, 0.25) is 0 Å². The molecule has 1 fully saturated rings. The molecular formula is C14H14F3N. The molecule has 2 rings (SSSR count). The van der Waals surface area contributed by atoms with Crippen molar-refractivity contribution >= 4 is 0 Å². The Kier molecular flexibility index (Phi) is 3.10. The Hall–Kier alpha value is -1.50. The molecule has 1 aliphatic carbocycles. The van der Waals surface area contributed by atoms with Crippen LogP contribution in [-0.2, 0) is 6.18 Å². The molecule has 0 radical (unpaired) electrons. The van der Waals surface area contributed by atoms with Gasteiger partial charge in [0, 0.05) is 0 Å². The van der Waals surface area contributed by atoms with E-state index < -0.39 is 11.7 Å². The Morgan fingerprint density at radius 2 is 1.78 bits per heavy atom. The van der Waals surface area contributed by atoms with E-state index in [1.165, 1.54) is 12.1 Å². The van der Waals surface area contributed by atoms with Crippen molar-refractivity contribution in [2.45, 2.75) is 38.3 Å². The van der Waals surface area contributed by atoms with Crippen molar-refractivity contribution in [2.24, 2.45) is 5.41 Å². The number of hydrogen-bond acceptors (Lipinski definition) is 1. The minimum Gasteiger partial charge on any atom is -0.198 e. The lowest BCUT2D eigenvalue weighted by atomic mass is 9.61. The minimum atomic E-state index is -4.30. The molecule has 0 bridgehead atoms. The third kappa shape index (κ3) is 2.10. The highest BCUT2D eigenvalue weighted by Crippen LogP contribution is 2.50. The van der Waals surface area contributed by atoms with Crippen molar-refractivity contribution < 1.29 is 13.2 Å². The van der Waals surface area contributed by atoms with Crippen molar-refractivity contribution in [1.82, 2.24) is 0 Å². The summed E-state index contributed by atoms with van der Waals surface area (Å²) in [5, 5.41) is 9.22. The van der Waals surface area contributed by atoms with Gasteiger partial charge in [-0.05, 0) is 36.5 Å². The van der Waals surface area contributed by atoms with Gasteiger partial charge in [-0.1, -0.05) is 25.5 Å². The number of halogens is 3. The van der Waals surface area contributed by atoms with E-state index in [-0.39, 0.29) is 11.3 Å². The summed E-state index contributed by atoms with van der Waals surface area (Å²) < 4.78 is 37.3. The Bertz CT molecular complexity index is 463. The van der Waals surface area contributed by atoms with Crippen LogP contribution in [0.4, 0.5) is 13.2 Å². The topological polar surface area (TPSA) is 23.8 Å². The Morgan fingerprint density at radius 3 is 2.11 bits per heavy atom. The number of alkyl halides is 3. The number of rotatable bonds is 2. The molecule has 1 aromatic carbocycles. The molecule has 0 N–H and O–H groups in total. The molecule has 0 spiro atoms. The second-order valence-corrected chi connectivity index (χ2v) is 4.96. The fourth-order valence-corrected chi connectivity index (χ4v) is 2.48. The third-order valence-corrected chi connectivity index (χ3v) is 4.04. The van der Waals surface area contributed by atoms with Crippen LogP contribution in [0.15, 0.2) is 24.3 Å².